The summed E-state index contributed by atoms with van der Waals surface area (Å²) in [7, 11) is 0. The molecule has 0 saturated heterocycles. The maximum Gasteiger partial charge on any atom is 0.237 e. The molecule has 0 saturated carbocycles. The summed E-state index contributed by atoms with van der Waals surface area (Å²) in [5, 5.41) is 2.90. The summed E-state index contributed by atoms with van der Waals surface area (Å²) in [5.74, 6) is 1.51. The topological polar surface area (TPSA) is 55.1 Å². The second-order valence-electron chi connectivity index (χ2n) is 5.15. The first-order chi connectivity index (χ1) is 6.79. The Morgan fingerprint density at radius 3 is 2.40 bits per heavy atom. The highest BCUT2D eigenvalue weighted by Crippen LogP contribution is 2.17. The van der Waals surface area contributed by atoms with Crippen molar-refractivity contribution in [2.24, 2.45) is 17.1 Å². The zero-order valence-corrected chi connectivity index (χ0v) is 11.3. The molecule has 0 aliphatic carbocycles. The van der Waals surface area contributed by atoms with Crippen LogP contribution in [-0.2, 0) is 4.79 Å². The zero-order valence-electron chi connectivity index (χ0n) is 10.5. The number of carbonyl (C=O) groups is 1. The summed E-state index contributed by atoms with van der Waals surface area (Å²) >= 11 is 1.79. The molecule has 0 radical (unpaired) electrons. The number of carbonyl (C=O) groups excluding carboxylic acids is 1. The highest BCUT2D eigenvalue weighted by Gasteiger charge is 2.27. The van der Waals surface area contributed by atoms with E-state index in [1.165, 1.54) is 0 Å². The minimum Gasteiger partial charge on any atom is -0.354 e. The Morgan fingerprint density at radius 1 is 1.47 bits per heavy atom. The lowest BCUT2D eigenvalue weighted by molar-refractivity contribution is -0.124. The van der Waals surface area contributed by atoms with Crippen LogP contribution in [0.4, 0.5) is 0 Å². The molecule has 0 bridgehead atoms. The predicted octanol–water partition coefficient (Wildman–Crippen LogP) is 1.48. The standard InChI is InChI=1S/C11H24N2OS/c1-8(7-15-5)6-13-10(14)9(12)11(2,3)4/h8-9H,6-7,12H2,1-5H3,(H,13,14). The lowest BCUT2D eigenvalue weighted by atomic mass is 9.87. The highest BCUT2D eigenvalue weighted by molar-refractivity contribution is 7.98. The molecule has 0 fully saturated rings. The molecular formula is C11H24N2OS. The van der Waals surface area contributed by atoms with Crippen molar-refractivity contribution in [3.05, 3.63) is 0 Å². The van der Waals surface area contributed by atoms with E-state index in [2.05, 4.69) is 18.5 Å². The molecule has 0 aromatic carbocycles. The van der Waals surface area contributed by atoms with E-state index >= 15 is 0 Å². The molecule has 15 heavy (non-hydrogen) atoms. The van der Waals surface area contributed by atoms with Gasteiger partial charge in [-0.25, -0.2) is 0 Å². The number of hydrogen-bond donors (Lipinski definition) is 2. The molecule has 0 aromatic heterocycles. The second-order valence-corrected chi connectivity index (χ2v) is 6.06. The molecule has 0 aliphatic heterocycles. The van der Waals surface area contributed by atoms with Crippen LogP contribution >= 0.6 is 11.8 Å². The SMILES string of the molecule is CSCC(C)CNC(=O)C(N)C(C)(C)C. The van der Waals surface area contributed by atoms with Crippen molar-refractivity contribution in [3.63, 3.8) is 0 Å². The van der Waals surface area contributed by atoms with Gasteiger partial charge >= 0.3 is 0 Å². The Balaban J connectivity index is 3.94. The third-order valence-corrected chi connectivity index (χ3v) is 3.19. The third-order valence-electron chi connectivity index (χ3n) is 2.29. The van der Waals surface area contributed by atoms with Gasteiger partial charge in [0.1, 0.15) is 0 Å². The van der Waals surface area contributed by atoms with Crippen LogP contribution in [0.3, 0.4) is 0 Å². The summed E-state index contributed by atoms with van der Waals surface area (Å²) in [6.07, 6.45) is 2.07. The molecule has 0 aliphatic rings. The smallest absolute Gasteiger partial charge is 0.237 e. The number of amides is 1. The van der Waals surface area contributed by atoms with Crippen molar-refractivity contribution in [1.29, 1.82) is 0 Å². The van der Waals surface area contributed by atoms with Crippen molar-refractivity contribution < 1.29 is 4.79 Å². The Kier molecular flexibility index (Phi) is 6.29. The quantitative estimate of drug-likeness (QED) is 0.755. The van der Waals surface area contributed by atoms with Crippen LogP contribution in [0.15, 0.2) is 0 Å². The van der Waals surface area contributed by atoms with Crippen molar-refractivity contribution >= 4 is 17.7 Å². The van der Waals surface area contributed by atoms with Crippen molar-refractivity contribution in [2.75, 3.05) is 18.6 Å². The van der Waals surface area contributed by atoms with E-state index in [0.29, 0.717) is 12.5 Å². The highest BCUT2D eigenvalue weighted by atomic mass is 32.2. The van der Waals surface area contributed by atoms with Crippen LogP contribution in [0.1, 0.15) is 27.7 Å². The number of rotatable bonds is 5. The normalized spacial score (nSPS) is 15.9. The molecule has 4 heteroatoms. The first-order valence-electron chi connectivity index (χ1n) is 5.31. The van der Waals surface area contributed by atoms with Gasteiger partial charge in [-0.3, -0.25) is 4.79 Å². The molecule has 0 aromatic rings. The predicted molar refractivity (Wildman–Crippen MR) is 68.0 cm³/mol. The van der Waals surface area contributed by atoms with Gasteiger partial charge in [0.25, 0.3) is 0 Å². The van der Waals surface area contributed by atoms with Crippen molar-refractivity contribution in [1.82, 2.24) is 5.32 Å². The van der Waals surface area contributed by atoms with Crippen molar-refractivity contribution in [3.8, 4) is 0 Å². The van der Waals surface area contributed by atoms with E-state index < -0.39 is 6.04 Å². The van der Waals surface area contributed by atoms with Gasteiger partial charge < -0.3 is 11.1 Å². The van der Waals surface area contributed by atoms with Gasteiger partial charge in [-0.15, -0.1) is 0 Å². The minimum absolute atomic E-state index is 0.0459. The largest absolute Gasteiger partial charge is 0.354 e. The third kappa shape index (κ3) is 6.05. The number of hydrogen-bond acceptors (Lipinski definition) is 3. The average Bonchev–Trinajstić information content (AvgIpc) is 2.12. The molecule has 3 N–H and O–H groups in total. The van der Waals surface area contributed by atoms with Gasteiger partial charge in [-0.2, -0.15) is 11.8 Å². The molecule has 2 unspecified atom stereocenters. The molecule has 3 nitrogen and oxygen atoms in total. The van der Waals surface area contributed by atoms with E-state index in [4.69, 9.17) is 5.73 Å². The fourth-order valence-corrected chi connectivity index (χ4v) is 1.81. The second kappa shape index (κ2) is 6.38. The van der Waals surface area contributed by atoms with E-state index in [-0.39, 0.29) is 11.3 Å². The van der Waals surface area contributed by atoms with Crippen LogP contribution in [-0.4, -0.2) is 30.5 Å². The van der Waals surface area contributed by atoms with Gasteiger partial charge in [0.05, 0.1) is 6.04 Å². The summed E-state index contributed by atoms with van der Waals surface area (Å²) in [4.78, 5) is 11.7. The van der Waals surface area contributed by atoms with Gasteiger partial charge in [-0.1, -0.05) is 27.7 Å². The molecule has 90 valence electrons. The number of nitrogens with one attached hydrogen (secondary N) is 1. The van der Waals surface area contributed by atoms with Crippen LogP contribution in [0.2, 0.25) is 0 Å². The maximum absolute atomic E-state index is 11.7. The van der Waals surface area contributed by atoms with Gasteiger partial charge in [-0.05, 0) is 23.3 Å². The molecule has 0 spiro atoms. The lowest BCUT2D eigenvalue weighted by Crippen LogP contribution is -2.49. The zero-order chi connectivity index (χ0) is 12.1. The number of thioether (sulfide) groups is 1. The molecule has 0 heterocycles. The summed E-state index contributed by atoms with van der Waals surface area (Å²) in [6.45, 7) is 8.76. The van der Waals surface area contributed by atoms with Crippen molar-refractivity contribution in [2.45, 2.75) is 33.7 Å². The minimum atomic E-state index is -0.432. The monoisotopic (exact) mass is 232 g/mol. The lowest BCUT2D eigenvalue weighted by Gasteiger charge is -2.26. The Labute approximate surface area is 97.6 Å². The van der Waals surface area contributed by atoms with Gasteiger partial charge in [0, 0.05) is 6.54 Å². The van der Waals surface area contributed by atoms with E-state index in [9.17, 15) is 4.79 Å². The first-order valence-corrected chi connectivity index (χ1v) is 6.70. The summed E-state index contributed by atoms with van der Waals surface area (Å²) in [5.41, 5.74) is 5.66. The van der Waals surface area contributed by atoms with E-state index in [1.807, 2.05) is 20.8 Å². The van der Waals surface area contributed by atoms with Crippen LogP contribution in [0, 0.1) is 11.3 Å². The summed E-state index contributed by atoms with van der Waals surface area (Å²) in [6, 6.07) is -0.432. The molecule has 2 atom stereocenters. The molecule has 1 amide bonds. The van der Waals surface area contributed by atoms with Crippen LogP contribution in [0.25, 0.3) is 0 Å². The van der Waals surface area contributed by atoms with Gasteiger partial charge in [0.15, 0.2) is 0 Å². The maximum atomic E-state index is 11.7. The number of nitrogens with two attached hydrogens (primary N) is 1. The van der Waals surface area contributed by atoms with Gasteiger partial charge in [0.2, 0.25) is 5.91 Å². The first kappa shape index (κ1) is 14.8. The van der Waals surface area contributed by atoms with E-state index in [0.717, 1.165) is 5.75 Å². The van der Waals surface area contributed by atoms with Crippen LogP contribution in [0.5, 0.6) is 0 Å². The van der Waals surface area contributed by atoms with E-state index in [1.54, 1.807) is 11.8 Å². The molecule has 0 rings (SSSR count). The molecular weight excluding hydrogens is 208 g/mol. The Morgan fingerprint density at radius 2 is 2.00 bits per heavy atom. The Bertz CT molecular complexity index is 201. The van der Waals surface area contributed by atoms with Crippen LogP contribution < -0.4 is 11.1 Å². The fraction of sp³-hybridized carbons (Fsp3) is 0.909. The fourth-order valence-electron chi connectivity index (χ4n) is 1.12. The Hall–Kier alpha value is -0.220. The summed E-state index contributed by atoms with van der Waals surface area (Å²) < 4.78 is 0. The average molecular weight is 232 g/mol.